The molecule has 2 N–H and O–H groups in total. The van der Waals surface area contributed by atoms with E-state index < -0.39 is 12.1 Å². The predicted molar refractivity (Wildman–Crippen MR) is 81.4 cm³/mol. The first kappa shape index (κ1) is 14.8. The Balaban J connectivity index is 2.55. The molecule has 0 saturated carbocycles. The molecule has 0 spiro atoms. The molecular weight excluding hydrogens is 264 g/mol. The zero-order valence-electron chi connectivity index (χ0n) is 11.9. The van der Waals surface area contributed by atoms with Gasteiger partial charge in [-0.15, -0.1) is 0 Å². The fourth-order valence-corrected chi connectivity index (χ4v) is 2.33. The Morgan fingerprint density at radius 3 is 1.71 bits per heavy atom. The maximum Gasteiger partial charge on any atom is 0.322 e. The predicted octanol–water partition coefficient (Wildman–Crippen LogP) is 3.09. The fourth-order valence-electron chi connectivity index (χ4n) is 2.33. The Kier molecular flexibility index (Phi) is 4.72. The maximum absolute atomic E-state index is 12.2. The van der Waals surface area contributed by atoms with Crippen LogP contribution in [0.15, 0.2) is 60.7 Å². The lowest BCUT2D eigenvalue weighted by molar-refractivity contribution is -0.129. The lowest BCUT2D eigenvalue weighted by Gasteiger charge is -2.29. The van der Waals surface area contributed by atoms with Crippen molar-refractivity contribution < 1.29 is 9.59 Å². The molecule has 2 aromatic rings. The van der Waals surface area contributed by atoms with Crippen molar-refractivity contribution in [2.24, 2.45) is 5.73 Å². The highest BCUT2D eigenvalue weighted by molar-refractivity contribution is 5.94. The van der Waals surface area contributed by atoms with Crippen LogP contribution in [0.2, 0.25) is 0 Å². The molecule has 0 aliphatic carbocycles. The summed E-state index contributed by atoms with van der Waals surface area (Å²) in [6.07, 6.45) is 0.221. The number of nitrogens with two attached hydrogens (primary N) is 1. The number of carbonyl (C=O) groups is 2. The lowest BCUT2D eigenvalue weighted by Crippen LogP contribution is -2.43. The van der Waals surface area contributed by atoms with Gasteiger partial charge >= 0.3 is 6.03 Å². The van der Waals surface area contributed by atoms with E-state index in [2.05, 4.69) is 0 Å². The molecule has 0 saturated heterocycles. The van der Waals surface area contributed by atoms with Crippen LogP contribution in [0.4, 0.5) is 4.79 Å². The van der Waals surface area contributed by atoms with Gasteiger partial charge in [0.15, 0.2) is 0 Å². The van der Waals surface area contributed by atoms with Crippen LogP contribution in [0.25, 0.3) is 0 Å². The summed E-state index contributed by atoms with van der Waals surface area (Å²) >= 11 is 0. The van der Waals surface area contributed by atoms with E-state index in [0.29, 0.717) is 0 Å². The van der Waals surface area contributed by atoms with E-state index in [0.717, 1.165) is 16.0 Å². The molecule has 3 amide bonds. The second-order valence-electron chi connectivity index (χ2n) is 4.68. The van der Waals surface area contributed by atoms with Gasteiger partial charge in [-0.3, -0.25) is 9.69 Å². The molecule has 0 aromatic heterocycles. The Bertz CT molecular complexity index is 572. The Morgan fingerprint density at radius 1 is 0.952 bits per heavy atom. The zero-order valence-corrected chi connectivity index (χ0v) is 11.9. The summed E-state index contributed by atoms with van der Waals surface area (Å²) in [5, 5.41) is 0. The number of imide groups is 1. The standard InChI is InChI=1S/C17H18N2O2/c1-2-15(20)19(17(18)21)16(13-9-5-3-6-10-13)14-11-7-4-8-12-14/h3-12,16H,2H2,1H3,(H2,18,21). The summed E-state index contributed by atoms with van der Waals surface area (Å²) in [6.45, 7) is 1.71. The Morgan fingerprint density at radius 2 is 1.38 bits per heavy atom. The van der Waals surface area contributed by atoms with Crippen molar-refractivity contribution in [3.63, 3.8) is 0 Å². The first-order chi connectivity index (χ1) is 10.1. The number of hydrogen-bond acceptors (Lipinski definition) is 2. The molecule has 0 radical (unpaired) electrons. The van der Waals surface area contributed by atoms with E-state index in [1.165, 1.54) is 0 Å². The van der Waals surface area contributed by atoms with Crippen molar-refractivity contribution in [3.05, 3.63) is 71.8 Å². The largest absolute Gasteiger partial charge is 0.351 e. The van der Waals surface area contributed by atoms with Gasteiger partial charge in [0, 0.05) is 6.42 Å². The molecule has 2 aromatic carbocycles. The van der Waals surface area contributed by atoms with Crippen molar-refractivity contribution in [2.75, 3.05) is 0 Å². The van der Waals surface area contributed by atoms with Crippen LogP contribution in [0, 0.1) is 0 Å². The summed E-state index contributed by atoms with van der Waals surface area (Å²) in [5.41, 5.74) is 7.16. The minimum atomic E-state index is -0.737. The van der Waals surface area contributed by atoms with Crippen LogP contribution in [-0.2, 0) is 4.79 Å². The number of rotatable bonds is 4. The molecule has 4 nitrogen and oxygen atoms in total. The average molecular weight is 282 g/mol. The molecular formula is C17H18N2O2. The van der Waals surface area contributed by atoms with E-state index >= 15 is 0 Å². The van der Waals surface area contributed by atoms with Crippen LogP contribution in [0.1, 0.15) is 30.5 Å². The molecule has 108 valence electrons. The first-order valence-corrected chi connectivity index (χ1v) is 6.86. The van der Waals surface area contributed by atoms with Crippen molar-refractivity contribution in [1.82, 2.24) is 4.90 Å². The number of urea groups is 1. The van der Waals surface area contributed by atoms with Crippen LogP contribution in [0.3, 0.4) is 0 Å². The SMILES string of the molecule is CCC(=O)N(C(N)=O)C(c1ccccc1)c1ccccc1. The van der Waals surface area contributed by atoms with E-state index in [4.69, 9.17) is 5.73 Å². The van der Waals surface area contributed by atoms with Gasteiger partial charge in [-0.2, -0.15) is 0 Å². The van der Waals surface area contributed by atoms with Gasteiger partial charge in [0.05, 0.1) is 6.04 Å². The van der Waals surface area contributed by atoms with E-state index in [1.807, 2.05) is 60.7 Å². The fraction of sp³-hybridized carbons (Fsp3) is 0.176. The van der Waals surface area contributed by atoms with Crippen molar-refractivity contribution in [2.45, 2.75) is 19.4 Å². The van der Waals surface area contributed by atoms with Crippen LogP contribution in [0.5, 0.6) is 0 Å². The normalized spacial score (nSPS) is 10.4. The second-order valence-corrected chi connectivity index (χ2v) is 4.68. The zero-order chi connectivity index (χ0) is 15.2. The number of nitrogens with zero attached hydrogens (tertiary/aromatic N) is 1. The average Bonchev–Trinajstić information content (AvgIpc) is 2.53. The Hall–Kier alpha value is -2.62. The van der Waals surface area contributed by atoms with E-state index in [9.17, 15) is 9.59 Å². The van der Waals surface area contributed by atoms with Crippen molar-refractivity contribution in [1.29, 1.82) is 0 Å². The molecule has 0 bridgehead atoms. The van der Waals surface area contributed by atoms with Gasteiger partial charge in [0.2, 0.25) is 5.91 Å². The minimum absolute atomic E-state index is 0.221. The van der Waals surface area contributed by atoms with Gasteiger partial charge in [-0.05, 0) is 11.1 Å². The first-order valence-electron chi connectivity index (χ1n) is 6.86. The molecule has 21 heavy (non-hydrogen) atoms. The second kappa shape index (κ2) is 6.70. The van der Waals surface area contributed by atoms with Gasteiger partial charge in [-0.25, -0.2) is 4.79 Å². The third kappa shape index (κ3) is 3.28. The molecule has 0 fully saturated rings. The summed E-state index contributed by atoms with van der Waals surface area (Å²) < 4.78 is 0. The minimum Gasteiger partial charge on any atom is -0.351 e. The maximum atomic E-state index is 12.2. The summed E-state index contributed by atoms with van der Waals surface area (Å²) in [7, 11) is 0. The topological polar surface area (TPSA) is 63.4 Å². The van der Waals surface area contributed by atoms with Gasteiger partial charge in [-0.1, -0.05) is 67.6 Å². The van der Waals surface area contributed by atoms with Gasteiger partial charge < -0.3 is 5.73 Å². The number of primary amides is 1. The molecule has 2 rings (SSSR count). The number of hydrogen-bond donors (Lipinski definition) is 1. The molecule has 0 aliphatic rings. The van der Waals surface area contributed by atoms with Crippen molar-refractivity contribution in [3.8, 4) is 0 Å². The molecule has 0 unspecified atom stereocenters. The number of amides is 3. The van der Waals surface area contributed by atoms with Crippen LogP contribution in [-0.4, -0.2) is 16.8 Å². The highest BCUT2D eigenvalue weighted by atomic mass is 16.2. The smallest absolute Gasteiger partial charge is 0.322 e. The lowest BCUT2D eigenvalue weighted by atomic mass is 9.97. The summed E-state index contributed by atoms with van der Waals surface area (Å²) in [5.74, 6) is -0.291. The molecule has 0 atom stereocenters. The Labute approximate surface area is 124 Å². The summed E-state index contributed by atoms with van der Waals surface area (Å²) in [4.78, 5) is 25.1. The monoisotopic (exact) mass is 282 g/mol. The van der Waals surface area contributed by atoms with Gasteiger partial charge in [0.1, 0.15) is 0 Å². The highest BCUT2D eigenvalue weighted by Crippen LogP contribution is 2.28. The van der Waals surface area contributed by atoms with E-state index in [-0.39, 0.29) is 12.3 Å². The third-order valence-corrected chi connectivity index (χ3v) is 3.30. The third-order valence-electron chi connectivity index (χ3n) is 3.30. The van der Waals surface area contributed by atoms with Crippen molar-refractivity contribution >= 4 is 11.9 Å². The van der Waals surface area contributed by atoms with Crippen LogP contribution >= 0.6 is 0 Å². The quantitative estimate of drug-likeness (QED) is 0.936. The molecule has 0 aliphatic heterocycles. The van der Waals surface area contributed by atoms with E-state index in [1.54, 1.807) is 6.92 Å². The summed E-state index contributed by atoms with van der Waals surface area (Å²) in [6, 6.07) is 17.6. The number of benzene rings is 2. The highest BCUT2D eigenvalue weighted by Gasteiger charge is 2.29. The van der Waals surface area contributed by atoms with Crippen LogP contribution < -0.4 is 5.73 Å². The molecule has 0 heterocycles. The molecule has 4 heteroatoms. The van der Waals surface area contributed by atoms with Gasteiger partial charge in [0.25, 0.3) is 0 Å². The number of carbonyl (C=O) groups excluding carboxylic acids is 2.